The highest BCUT2D eigenvalue weighted by Crippen LogP contribution is 2.27. The monoisotopic (exact) mass is 367 g/mol. The lowest BCUT2D eigenvalue weighted by atomic mass is 9.86. The maximum absolute atomic E-state index is 12.6. The summed E-state index contributed by atoms with van der Waals surface area (Å²) in [6, 6.07) is 16.3. The molecule has 2 aromatic rings. The fourth-order valence-electron chi connectivity index (χ4n) is 2.99. The van der Waals surface area contributed by atoms with Gasteiger partial charge >= 0.3 is 0 Å². The van der Waals surface area contributed by atoms with E-state index in [1.54, 1.807) is 6.92 Å². The van der Waals surface area contributed by atoms with Crippen LogP contribution in [0.15, 0.2) is 48.5 Å². The predicted molar refractivity (Wildman–Crippen MR) is 112 cm³/mol. The third-order valence-corrected chi connectivity index (χ3v) is 4.85. The van der Waals surface area contributed by atoms with Crippen LogP contribution >= 0.6 is 0 Å². The number of amides is 1. The second-order valence-corrected chi connectivity index (χ2v) is 8.55. The summed E-state index contributed by atoms with van der Waals surface area (Å²) in [4.78, 5) is 12.6. The molecule has 0 unspecified atom stereocenters. The second-order valence-electron chi connectivity index (χ2n) is 8.55. The Hall–Kier alpha value is -2.29. The van der Waals surface area contributed by atoms with Crippen molar-refractivity contribution < 1.29 is 9.53 Å². The van der Waals surface area contributed by atoms with E-state index in [9.17, 15) is 4.79 Å². The van der Waals surface area contributed by atoms with Gasteiger partial charge in [-0.05, 0) is 47.9 Å². The lowest BCUT2D eigenvalue weighted by molar-refractivity contribution is -0.127. The van der Waals surface area contributed by atoms with Crippen LogP contribution in [-0.2, 0) is 10.2 Å². The van der Waals surface area contributed by atoms with E-state index < -0.39 is 6.10 Å². The Labute approximate surface area is 164 Å². The fourth-order valence-corrected chi connectivity index (χ4v) is 2.99. The number of ether oxygens (including phenoxy) is 1. The molecule has 2 atom stereocenters. The molecule has 27 heavy (non-hydrogen) atoms. The average Bonchev–Trinajstić information content (AvgIpc) is 2.61. The number of carbonyl (C=O) groups excluding carboxylic acids is 1. The van der Waals surface area contributed by atoms with Gasteiger partial charge in [0.15, 0.2) is 6.10 Å². The molecule has 0 spiro atoms. The molecule has 0 bridgehead atoms. The quantitative estimate of drug-likeness (QED) is 0.706. The van der Waals surface area contributed by atoms with Gasteiger partial charge in [-0.2, -0.15) is 0 Å². The normalized spacial score (nSPS) is 13.9. The van der Waals surface area contributed by atoms with Crippen molar-refractivity contribution in [3.63, 3.8) is 0 Å². The summed E-state index contributed by atoms with van der Waals surface area (Å²) < 4.78 is 5.96. The van der Waals surface area contributed by atoms with Gasteiger partial charge in [0.25, 0.3) is 5.91 Å². The van der Waals surface area contributed by atoms with Crippen LogP contribution < -0.4 is 10.1 Å². The van der Waals surface area contributed by atoms with Crippen molar-refractivity contribution in [2.45, 2.75) is 71.9 Å². The largest absolute Gasteiger partial charge is 0.481 e. The summed E-state index contributed by atoms with van der Waals surface area (Å²) in [5.41, 5.74) is 3.61. The predicted octanol–water partition coefficient (Wildman–Crippen LogP) is 5.75. The third-order valence-electron chi connectivity index (χ3n) is 4.85. The topological polar surface area (TPSA) is 38.3 Å². The minimum absolute atomic E-state index is 0.0714. The van der Waals surface area contributed by atoms with Crippen molar-refractivity contribution in [2.24, 2.45) is 0 Å². The number of benzene rings is 2. The van der Waals surface area contributed by atoms with Crippen LogP contribution in [0, 0.1) is 0 Å². The van der Waals surface area contributed by atoms with Crippen molar-refractivity contribution in [3.05, 3.63) is 65.2 Å². The van der Waals surface area contributed by atoms with Gasteiger partial charge in [0, 0.05) is 0 Å². The Kier molecular flexibility index (Phi) is 6.69. The van der Waals surface area contributed by atoms with E-state index >= 15 is 0 Å². The first-order valence-corrected chi connectivity index (χ1v) is 9.76. The van der Waals surface area contributed by atoms with Gasteiger partial charge in [0.2, 0.25) is 0 Å². The minimum Gasteiger partial charge on any atom is -0.481 e. The number of hydrogen-bond acceptors (Lipinski definition) is 2. The van der Waals surface area contributed by atoms with Crippen molar-refractivity contribution in [1.29, 1.82) is 0 Å². The molecule has 0 saturated carbocycles. The summed E-state index contributed by atoms with van der Waals surface area (Å²) in [6.07, 6.45) is -0.554. The van der Waals surface area contributed by atoms with E-state index in [1.807, 2.05) is 31.2 Å². The van der Waals surface area contributed by atoms with Gasteiger partial charge in [0.1, 0.15) is 5.75 Å². The van der Waals surface area contributed by atoms with Crippen LogP contribution in [0.1, 0.15) is 77.1 Å². The van der Waals surface area contributed by atoms with E-state index in [1.165, 1.54) is 5.56 Å². The standard InChI is InChI=1S/C24H33NO2/c1-16(2)21-10-8-9-11-22(21)27-18(4)23(26)25-17(3)19-12-14-20(15-13-19)24(5,6)7/h8-18H,1-7H3,(H,25,26)/t17-,18+/m1/s1. The molecule has 3 heteroatoms. The third kappa shape index (κ3) is 5.59. The van der Waals surface area contributed by atoms with E-state index in [2.05, 4.69) is 64.2 Å². The zero-order chi connectivity index (χ0) is 20.2. The first-order valence-electron chi connectivity index (χ1n) is 9.76. The number of para-hydroxylation sites is 1. The number of nitrogens with one attached hydrogen (secondary N) is 1. The molecule has 0 radical (unpaired) electrons. The summed E-state index contributed by atoms with van der Waals surface area (Å²) in [7, 11) is 0. The maximum Gasteiger partial charge on any atom is 0.261 e. The van der Waals surface area contributed by atoms with Crippen LogP contribution in [0.25, 0.3) is 0 Å². The van der Waals surface area contributed by atoms with Crippen LogP contribution in [0.5, 0.6) is 5.75 Å². The summed E-state index contributed by atoms with van der Waals surface area (Å²) in [6.45, 7) is 14.6. The van der Waals surface area contributed by atoms with Crippen LogP contribution in [0.2, 0.25) is 0 Å². The second kappa shape index (κ2) is 8.60. The minimum atomic E-state index is -0.554. The van der Waals surface area contributed by atoms with Gasteiger partial charge in [0.05, 0.1) is 6.04 Å². The molecule has 0 saturated heterocycles. The molecule has 0 aliphatic heterocycles. The van der Waals surface area contributed by atoms with Gasteiger partial charge in [-0.15, -0.1) is 0 Å². The highest BCUT2D eigenvalue weighted by Gasteiger charge is 2.20. The fraction of sp³-hybridized carbons (Fsp3) is 0.458. The van der Waals surface area contributed by atoms with Crippen LogP contribution in [-0.4, -0.2) is 12.0 Å². The van der Waals surface area contributed by atoms with Crippen LogP contribution in [0.3, 0.4) is 0 Å². The molecule has 1 N–H and O–H groups in total. The van der Waals surface area contributed by atoms with Gasteiger partial charge in [-0.25, -0.2) is 0 Å². The highest BCUT2D eigenvalue weighted by atomic mass is 16.5. The number of hydrogen-bond donors (Lipinski definition) is 1. The molecule has 0 fully saturated rings. The Balaban J connectivity index is 2.02. The van der Waals surface area contributed by atoms with E-state index in [0.29, 0.717) is 5.92 Å². The smallest absolute Gasteiger partial charge is 0.261 e. The SMILES string of the molecule is CC(C)c1ccccc1O[C@@H](C)C(=O)N[C@H](C)c1ccc(C(C)(C)C)cc1. The molecule has 0 heterocycles. The molecule has 2 rings (SSSR count). The van der Waals surface area contributed by atoms with Gasteiger partial charge < -0.3 is 10.1 Å². The van der Waals surface area contributed by atoms with Crippen molar-refractivity contribution in [1.82, 2.24) is 5.32 Å². The molecule has 3 nitrogen and oxygen atoms in total. The Morgan fingerprint density at radius 2 is 1.52 bits per heavy atom. The highest BCUT2D eigenvalue weighted by molar-refractivity contribution is 5.81. The van der Waals surface area contributed by atoms with Crippen molar-refractivity contribution in [3.8, 4) is 5.75 Å². The summed E-state index contributed by atoms with van der Waals surface area (Å²) in [5.74, 6) is 1.01. The average molecular weight is 368 g/mol. The Bertz CT molecular complexity index is 757. The first-order chi connectivity index (χ1) is 12.6. The number of carbonyl (C=O) groups is 1. The Morgan fingerprint density at radius 1 is 0.926 bits per heavy atom. The van der Waals surface area contributed by atoms with E-state index in [-0.39, 0.29) is 17.4 Å². The molecule has 146 valence electrons. The van der Waals surface area contributed by atoms with Crippen LogP contribution in [0.4, 0.5) is 0 Å². The number of rotatable bonds is 6. The molecule has 1 amide bonds. The summed E-state index contributed by atoms with van der Waals surface area (Å²) >= 11 is 0. The zero-order valence-corrected chi connectivity index (χ0v) is 17.7. The van der Waals surface area contributed by atoms with Crippen molar-refractivity contribution >= 4 is 5.91 Å². The van der Waals surface area contributed by atoms with Gasteiger partial charge in [-0.3, -0.25) is 4.79 Å². The van der Waals surface area contributed by atoms with Crippen molar-refractivity contribution in [2.75, 3.05) is 0 Å². The molecule has 0 aliphatic rings. The summed E-state index contributed by atoms with van der Waals surface area (Å²) in [5, 5.41) is 3.06. The molecule has 2 aromatic carbocycles. The molecule has 0 aromatic heterocycles. The lowest BCUT2D eigenvalue weighted by Gasteiger charge is -2.22. The molecular weight excluding hydrogens is 334 g/mol. The van der Waals surface area contributed by atoms with E-state index in [4.69, 9.17) is 4.74 Å². The van der Waals surface area contributed by atoms with E-state index in [0.717, 1.165) is 16.9 Å². The molecular formula is C24H33NO2. The maximum atomic E-state index is 12.6. The molecule has 0 aliphatic carbocycles. The zero-order valence-electron chi connectivity index (χ0n) is 17.7. The van der Waals surface area contributed by atoms with Gasteiger partial charge in [-0.1, -0.05) is 77.1 Å². The first kappa shape index (κ1) is 21.0. The lowest BCUT2D eigenvalue weighted by Crippen LogP contribution is -2.38. The Morgan fingerprint density at radius 3 is 2.07 bits per heavy atom.